The second kappa shape index (κ2) is 5.35. The normalized spacial score (nSPS) is 11.5. The summed E-state index contributed by atoms with van der Waals surface area (Å²) in [7, 11) is 0. The van der Waals surface area contributed by atoms with Crippen LogP contribution in [-0.4, -0.2) is 17.9 Å². The van der Waals surface area contributed by atoms with Gasteiger partial charge in [-0.3, -0.25) is 5.41 Å². The second-order valence-corrected chi connectivity index (χ2v) is 3.27. The molecule has 0 atom stereocenters. The molecular formula is C11H10F3N3O. The zero-order valence-electron chi connectivity index (χ0n) is 9.08. The van der Waals surface area contributed by atoms with Gasteiger partial charge in [-0.2, -0.15) is 0 Å². The van der Waals surface area contributed by atoms with Crippen LogP contribution < -0.4 is 10.5 Å². The van der Waals surface area contributed by atoms with Crippen molar-refractivity contribution in [2.24, 2.45) is 5.73 Å². The van der Waals surface area contributed by atoms with E-state index in [0.717, 1.165) is 12.1 Å². The minimum atomic E-state index is -4.73. The fourth-order valence-corrected chi connectivity index (χ4v) is 1.11. The molecule has 0 heterocycles. The van der Waals surface area contributed by atoms with Crippen molar-refractivity contribution in [2.75, 3.05) is 0 Å². The minimum absolute atomic E-state index is 0.0313. The molecule has 1 rings (SSSR count). The molecule has 0 unspecified atom stereocenters. The summed E-state index contributed by atoms with van der Waals surface area (Å²) < 4.78 is 39.4. The summed E-state index contributed by atoms with van der Waals surface area (Å²) in [5.41, 5.74) is 5.49. The molecule has 0 aliphatic carbocycles. The monoisotopic (exact) mass is 257 g/mol. The highest BCUT2D eigenvalue weighted by atomic mass is 19.4. The minimum Gasteiger partial charge on any atom is -0.406 e. The molecule has 1 aromatic carbocycles. The number of alkyl halides is 3. The van der Waals surface area contributed by atoms with Gasteiger partial charge in [-0.1, -0.05) is 0 Å². The van der Waals surface area contributed by atoms with E-state index in [1.54, 1.807) is 0 Å². The van der Waals surface area contributed by atoms with Gasteiger partial charge in [0.2, 0.25) is 0 Å². The van der Waals surface area contributed by atoms with Crippen molar-refractivity contribution in [1.29, 1.82) is 10.8 Å². The summed E-state index contributed by atoms with van der Waals surface area (Å²) in [5, 5.41) is 14.5. The summed E-state index contributed by atoms with van der Waals surface area (Å²) in [5.74, 6) is -0.564. The van der Waals surface area contributed by atoms with E-state index in [-0.39, 0.29) is 17.3 Å². The number of hydrogen-bond acceptors (Lipinski definition) is 3. The van der Waals surface area contributed by atoms with E-state index in [2.05, 4.69) is 4.74 Å². The standard InChI is InChI=1S/C11H10F3N3O/c12-11(13,14)18-8-3-1-7(2-4-8)9(15)5-6-10(16)17/h1-6,15H,(H3,16,17)/b6-5-,15-9?. The Morgan fingerprint density at radius 3 is 2.11 bits per heavy atom. The number of nitrogens with one attached hydrogen (secondary N) is 2. The highest BCUT2D eigenvalue weighted by Gasteiger charge is 2.30. The number of nitrogens with two attached hydrogens (primary N) is 1. The molecule has 7 heteroatoms. The number of amidine groups is 1. The average molecular weight is 257 g/mol. The molecule has 0 spiro atoms. The van der Waals surface area contributed by atoms with Crippen LogP contribution >= 0.6 is 0 Å². The van der Waals surface area contributed by atoms with Gasteiger partial charge in [0.05, 0.1) is 5.71 Å². The van der Waals surface area contributed by atoms with Gasteiger partial charge >= 0.3 is 6.36 Å². The number of allylic oxidation sites excluding steroid dienone is 1. The van der Waals surface area contributed by atoms with Gasteiger partial charge in [0.25, 0.3) is 0 Å². The fraction of sp³-hybridized carbons (Fsp3) is 0.0909. The van der Waals surface area contributed by atoms with Crippen LogP contribution in [0.4, 0.5) is 13.2 Å². The van der Waals surface area contributed by atoms with Crippen molar-refractivity contribution in [3.63, 3.8) is 0 Å². The van der Waals surface area contributed by atoms with Gasteiger partial charge in [0.1, 0.15) is 11.6 Å². The number of ether oxygens (including phenoxy) is 1. The Morgan fingerprint density at radius 2 is 1.67 bits per heavy atom. The molecule has 4 N–H and O–H groups in total. The van der Waals surface area contributed by atoms with Crippen LogP contribution in [0.15, 0.2) is 36.4 Å². The van der Waals surface area contributed by atoms with E-state index in [1.807, 2.05) is 0 Å². The molecule has 0 radical (unpaired) electrons. The Kier molecular flexibility index (Phi) is 4.09. The molecule has 96 valence electrons. The third kappa shape index (κ3) is 4.69. The maximum atomic E-state index is 11.9. The predicted molar refractivity (Wildman–Crippen MR) is 61.0 cm³/mol. The van der Waals surface area contributed by atoms with Gasteiger partial charge < -0.3 is 15.9 Å². The van der Waals surface area contributed by atoms with E-state index < -0.39 is 6.36 Å². The third-order valence-electron chi connectivity index (χ3n) is 1.83. The Morgan fingerprint density at radius 1 is 1.11 bits per heavy atom. The highest BCUT2D eigenvalue weighted by molar-refractivity contribution is 6.09. The first-order valence-electron chi connectivity index (χ1n) is 4.75. The molecule has 1 aromatic rings. The smallest absolute Gasteiger partial charge is 0.406 e. The van der Waals surface area contributed by atoms with Crippen LogP contribution in [0.3, 0.4) is 0 Å². The maximum absolute atomic E-state index is 11.9. The van der Waals surface area contributed by atoms with Crippen LogP contribution in [0.5, 0.6) is 5.75 Å². The van der Waals surface area contributed by atoms with E-state index in [4.69, 9.17) is 16.6 Å². The summed E-state index contributed by atoms with van der Waals surface area (Å²) in [4.78, 5) is 0. The number of rotatable bonds is 4. The van der Waals surface area contributed by atoms with Crippen molar-refractivity contribution >= 4 is 11.5 Å². The van der Waals surface area contributed by atoms with Crippen LogP contribution in [0.25, 0.3) is 0 Å². The van der Waals surface area contributed by atoms with E-state index >= 15 is 0 Å². The summed E-state index contributed by atoms with van der Waals surface area (Å²) in [6.07, 6.45) is -2.24. The van der Waals surface area contributed by atoms with E-state index in [0.29, 0.717) is 5.56 Å². The van der Waals surface area contributed by atoms with Crippen LogP contribution in [0, 0.1) is 10.8 Å². The molecule has 0 saturated carbocycles. The largest absolute Gasteiger partial charge is 0.573 e. The summed E-state index contributed by atoms with van der Waals surface area (Å²) in [6, 6.07) is 4.85. The number of hydrogen-bond donors (Lipinski definition) is 3. The fourth-order valence-electron chi connectivity index (χ4n) is 1.11. The van der Waals surface area contributed by atoms with Gasteiger partial charge in [0.15, 0.2) is 0 Å². The van der Waals surface area contributed by atoms with Crippen LogP contribution in [0.1, 0.15) is 5.56 Å². The Bertz CT molecular complexity index is 477. The number of benzene rings is 1. The van der Waals surface area contributed by atoms with Crippen LogP contribution in [0.2, 0.25) is 0 Å². The first-order chi connectivity index (χ1) is 8.28. The molecule has 4 nitrogen and oxygen atoms in total. The lowest BCUT2D eigenvalue weighted by Gasteiger charge is -2.08. The molecule has 0 bridgehead atoms. The Labute approximate surface area is 101 Å². The van der Waals surface area contributed by atoms with Gasteiger partial charge in [0, 0.05) is 0 Å². The van der Waals surface area contributed by atoms with Gasteiger partial charge in [-0.15, -0.1) is 13.2 Å². The van der Waals surface area contributed by atoms with Gasteiger partial charge in [-0.05, 0) is 42.0 Å². The molecule has 0 amide bonds. The van der Waals surface area contributed by atoms with Crippen molar-refractivity contribution in [1.82, 2.24) is 0 Å². The lowest BCUT2D eigenvalue weighted by molar-refractivity contribution is -0.274. The second-order valence-electron chi connectivity index (χ2n) is 3.27. The molecule has 0 aromatic heterocycles. The lowest BCUT2D eigenvalue weighted by Crippen LogP contribution is -2.17. The third-order valence-corrected chi connectivity index (χ3v) is 1.83. The average Bonchev–Trinajstić information content (AvgIpc) is 2.24. The summed E-state index contributed by atoms with van der Waals surface area (Å²) in [6.45, 7) is 0. The van der Waals surface area contributed by atoms with E-state index in [1.165, 1.54) is 24.3 Å². The zero-order chi connectivity index (χ0) is 13.8. The topological polar surface area (TPSA) is 83.0 Å². The van der Waals surface area contributed by atoms with Crippen molar-refractivity contribution in [2.45, 2.75) is 6.36 Å². The molecule has 0 aliphatic rings. The molecule has 18 heavy (non-hydrogen) atoms. The molecule has 0 fully saturated rings. The lowest BCUT2D eigenvalue weighted by atomic mass is 10.1. The van der Waals surface area contributed by atoms with Crippen LogP contribution in [-0.2, 0) is 0 Å². The molecule has 0 aliphatic heterocycles. The Hall–Kier alpha value is -2.31. The first-order valence-corrected chi connectivity index (χ1v) is 4.75. The van der Waals surface area contributed by atoms with Crippen molar-refractivity contribution in [3.8, 4) is 5.75 Å². The zero-order valence-corrected chi connectivity index (χ0v) is 9.08. The molecule has 0 saturated heterocycles. The highest BCUT2D eigenvalue weighted by Crippen LogP contribution is 2.22. The Balaban J connectivity index is 2.77. The summed E-state index contributed by atoms with van der Waals surface area (Å²) >= 11 is 0. The number of halogens is 3. The quantitative estimate of drug-likeness (QED) is 0.571. The van der Waals surface area contributed by atoms with E-state index in [9.17, 15) is 13.2 Å². The maximum Gasteiger partial charge on any atom is 0.573 e. The van der Waals surface area contributed by atoms with Crippen molar-refractivity contribution < 1.29 is 17.9 Å². The molecular weight excluding hydrogens is 247 g/mol. The van der Waals surface area contributed by atoms with Crippen molar-refractivity contribution in [3.05, 3.63) is 42.0 Å². The van der Waals surface area contributed by atoms with Gasteiger partial charge in [-0.25, -0.2) is 0 Å². The SMILES string of the molecule is N=C(N)/C=C\C(=N)c1ccc(OC(F)(F)F)cc1. The predicted octanol–water partition coefficient (Wildman–Crippen LogP) is 2.45. The first kappa shape index (κ1) is 13.8.